The average molecular weight is 283 g/mol. The number of rotatable bonds is 2. The van der Waals surface area contributed by atoms with Crippen LogP contribution in [0.25, 0.3) is 21.8 Å². The average Bonchev–Trinajstić information content (AvgIpc) is 2.99. The van der Waals surface area contributed by atoms with Gasteiger partial charge in [0, 0.05) is 10.8 Å². The molecule has 0 atom stereocenters. The van der Waals surface area contributed by atoms with E-state index in [1.54, 1.807) is 17.4 Å². The van der Waals surface area contributed by atoms with Gasteiger partial charge in [-0.25, -0.2) is 0 Å². The van der Waals surface area contributed by atoms with Crippen molar-refractivity contribution in [2.75, 3.05) is 6.54 Å². The number of carbonyl (C=O) groups is 1. The highest BCUT2D eigenvalue weighted by Crippen LogP contribution is 2.24. The van der Waals surface area contributed by atoms with Crippen molar-refractivity contribution in [3.63, 3.8) is 0 Å². The molecule has 20 heavy (non-hydrogen) atoms. The van der Waals surface area contributed by atoms with Gasteiger partial charge in [-0.3, -0.25) is 15.0 Å². The molecular formula is C11H8F3N5O. The van der Waals surface area contributed by atoms with Gasteiger partial charge in [-0.15, -0.1) is 0 Å². The second-order valence-corrected chi connectivity index (χ2v) is 4.19. The van der Waals surface area contributed by atoms with E-state index in [1.807, 2.05) is 0 Å². The van der Waals surface area contributed by atoms with Crippen molar-refractivity contribution in [1.29, 1.82) is 0 Å². The molecule has 0 spiro atoms. The third-order valence-corrected chi connectivity index (χ3v) is 2.82. The maximum atomic E-state index is 12.1. The van der Waals surface area contributed by atoms with Crippen LogP contribution in [0.2, 0.25) is 0 Å². The van der Waals surface area contributed by atoms with Crippen LogP contribution < -0.4 is 5.32 Å². The van der Waals surface area contributed by atoms with Crippen molar-refractivity contribution in [2.45, 2.75) is 6.18 Å². The molecule has 1 aromatic carbocycles. The number of benzene rings is 1. The van der Waals surface area contributed by atoms with E-state index in [1.165, 1.54) is 6.20 Å². The zero-order chi connectivity index (χ0) is 14.3. The van der Waals surface area contributed by atoms with Gasteiger partial charge in [0.05, 0.1) is 11.7 Å². The predicted octanol–water partition coefficient (Wildman–Crippen LogP) is 1.73. The number of aromatic amines is 2. The first-order valence-corrected chi connectivity index (χ1v) is 5.61. The highest BCUT2D eigenvalue weighted by Gasteiger charge is 2.28. The first-order valence-electron chi connectivity index (χ1n) is 5.61. The Bertz CT molecular complexity index is 788. The molecule has 6 nitrogen and oxygen atoms in total. The summed E-state index contributed by atoms with van der Waals surface area (Å²) in [7, 11) is 0. The molecule has 104 valence electrons. The van der Waals surface area contributed by atoms with Crippen molar-refractivity contribution in [3.8, 4) is 0 Å². The number of carbonyl (C=O) groups excluding carboxylic acids is 1. The van der Waals surface area contributed by atoms with E-state index in [2.05, 4.69) is 20.4 Å². The fraction of sp³-hybridized carbons (Fsp3) is 0.182. The fourth-order valence-electron chi connectivity index (χ4n) is 1.94. The Morgan fingerprint density at radius 3 is 2.80 bits per heavy atom. The Labute approximate surface area is 109 Å². The second kappa shape index (κ2) is 4.22. The van der Waals surface area contributed by atoms with Gasteiger partial charge < -0.3 is 5.32 Å². The SMILES string of the molecule is O=C(NCC(F)(F)F)c1[nH]nc2c1ccc1[nH]ncc12. The number of halogens is 3. The zero-order valence-electron chi connectivity index (χ0n) is 9.88. The van der Waals surface area contributed by atoms with Crippen LogP contribution in [0.1, 0.15) is 10.5 Å². The Hall–Kier alpha value is -2.58. The molecule has 0 unspecified atom stereocenters. The minimum absolute atomic E-state index is 0.00708. The summed E-state index contributed by atoms with van der Waals surface area (Å²) in [5, 5.41) is 15.9. The lowest BCUT2D eigenvalue weighted by Gasteiger charge is -2.07. The summed E-state index contributed by atoms with van der Waals surface area (Å²) < 4.78 is 36.3. The summed E-state index contributed by atoms with van der Waals surface area (Å²) in [5.74, 6) is -0.854. The third kappa shape index (κ3) is 2.06. The van der Waals surface area contributed by atoms with E-state index in [9.17, 15) is 18.0 Å². The molecule has 2 aromatic heterocycles. The largest absolute Gasteiger partial charge is 0.405 e. The van der Waals surface area contributed by atoms with Crippen LogP contribution in [-0.2, 0) is 0 Å². The van der Waals surface area contributed by atoms with Gasteiger partial charge >= 0.3 is 6.18 Å². The van der Waals surface area contributed by atoms with Gasteiger partial charge in [-0.1, -0.05) is 0 Å². The highest BCUT2D eigenvalue weighted by atomic mass is 19.4. The van der Waals surface area contributed by atoms with Gasteiger partial charge in [0.1, 0.15) is 17.8 Å². The van der Waals surface area contributed by atoms with Crippen LogP contribution in [0, 0.1) is 0 Å². The van der Waals surface area contributed by atoms with Crippen molar-refractivity contribution in [1.82, 2.24) is 25.7 Å². The zero-order valence-corrected chi connectivity index (χ0v) is 9.88. The van der Waals surface area contributed by atoms with Gasteiger partial charge in [0.15, 0.2) is 0 Å². The number of alkyl halides is 3. The molecule has 3 N–H and O–H groups in total. The van der Waals surface area contributed by atoms with E-state index in [4.69, 9.17) is 0 Å². The molecule has 1 amide bonds. The number of hydrogen-bond acceptors (Lipinski definition) is 3. The number of H-pyrrole nitrogens is 2. The number of nitrogens with one attached hydrogen (secondary N) is 3. The third-order valence-electron chi connectivity index (χ3n) is 2.82. The molecule has 0 aliphatic carbocycles. The predicted molar refractivity (Wildman–Crippen MR) is 64.1 cm³/mol. The second-order valence-electron chi connectivity index (χ2n) is 4.19. The summed E-state index contributed by atoms with van der Waals surface area (Å²) in [6.45, 7) is -1.39. The lowest BCUT2D eigenvalue weighted by Crippen LogP contribution is -2.34. The highest BCUT2D eigenvalue weighted by molar-refractivity contribution is 6.12. The summed E-state index contributed by atoms with van der Waals surface area (Å²) in [6.07, 6.45) is -2.92. The molecule has 0 bridgehead atoms. The molecule has 0 saturated carbocycles. The van der Waals surface area contributed by atoms with Crippen molar-refractivity contribution >= 4 is 27.7 Å². The molecular weight excluding hydrogens is 275 g/mol. The number of nitrogens with zero attached hydrogens (tertiary/aromatic N) is 2. The topological polar surface area (TPSA) is 86.5 Å². The quantitative estimate of drug-likeness (QED) is 0.669. The van der Waals surface area contributed by atoms with Crippen LogP contribution >= 0.6 is 0 Å². The monoisotopic (exact) mass is 283 g/mol. The van der Waals surface area contributed by atoms with Gasteiger partial charge in [0.2, 0.25) is 0 Å². The maximum Gasteiger partial charge on any atom is 0.405 e. The Kier molecular flexibility index (Phi) is 2.63. The molecule has 0 aliphatic rings. The van der Waals surface area contributed by atoms with Gasteiger partial charge in [-0.2, -0.15) is 23.4 Å². The van der Waals surface area contributed by atoms with Crippen LogP contribution in [0.4, 0.5) is 13.2 Å². The molecule has 0 saturated heterocycles. The van der Waals surface area contributed by atoms with Crippen LogP contribution in [0.5, 0.6) is 0 Å². The summed E-state index contributed by atoms with van der Waals surface area (Å²) in [6, 6.07) is 3.28. The molecule has 9 heteroatoms. The van der Waals surface area contributed by atoms with Gasteiger partial charge in [0.25, 0.3) is 5.91 Å². The van der Waals surface area contributed by atoms with Crippen LogP contribution in [-0.4, -0.2) is 39.0 Å². The molecule has 0 fully saturated rings. The van der Waals surface area contributed by atoms with E-state index in [-0.39, 0.29) is 5.69 Å². The minimum atomic E-state index is -4.46. The number of hydrogen-bond donors (Lipinski definition) is 3. The number of aromatic nitrogens is 4. The molecule has 3 rings (SSSR count). The number of amides is 1. The summed E-state index contributed by atoms with van der Waals surface area (Å²) in [5.41, 5.74) is 1.20. The first kappa shape index (κ1) is 12.5. The van der Waals surface area contributed by atoms with Crippen molar-refractivity contribution in [3.05, 3.63) is 24.0 Å². The summed E-state index contributed by atoms with van der Waals surface area (Å²) in [4.78, 5) is 11.7. The van der Waals surface area contributed by atoms with E-state index < -0.39 is 18.6 Å². The Morgan fingerprint density at radius 2 is 2.05 bits per heavy atom. The van der Waals surface area contributed by atoms with E-state index >= 15 is 0 Å². The smallest absolute Gasteiger partial charge is 0.342 e. The first-order chi connectivity index (χ1) is 9.46. The lowest BCUT2D eigenvalue weighted by atomic mass is 10.1. The van der Waals surface area contributed by atoms with E-state index in [0.717, 1.165) is 5.52 Å². The summed E-state index contributed by atoms with van der Waals surface area (Å²) >= 11 is 0. The normalized spacial score (nSPS) is 12.2. The Balaban J connectivity index is 1.98. The standard InChI is InChI=1S/C11H8F3N5O/c12-11(13,14)4-15-10(20)9-5-1-2-7-6(3-16-17-7)8(5)18-19-9/h1-3H,4H2,(H,15,20)(H,16,17)(H,18,19). The lowest BCUT2D eigenvalue weighted by molar-refractivity contribution is -0.123. The minimum Gasteiger partial charge on any atom is -0.342 e. The van der Waals surface area contributed by atoms with Gasteiger partial charge in [-0.05, 0) is 12.1 Å². The van der Waals surface area contributed by atoms with Crippen molar-refractivity contribution in [2.24, 2.45) is 0 Å². The van der Waals surface area contributed by atoms with E-state index in [0.29, 0.717) is 16.3 Å². The number of fused-ring (bicyclic) bond motifs is 3. The molecule has 0 aliphatic heterocycles. The molecule has 2 heterocycles. The fourth-order valence-corrected chi connectivity index (χ4v) is 1.94. The Morgan fingerprint density at radius 1 is 1.25 bits per heavy atom. The molecule has 3 aromatic rings. The van der Waals surface area contributed by atoms with Crippen LogP contribution in [0.15, 0.2) is 18.3 Å². The molecule has 0 radical (unpaired) electrons. The van der Waals surface area contributed by atoms with Crippen LogP contribution in [0.3, 0.4) is 0 Å². The maximum absolute atomic E-state index is 12.1. The van der Waals surface area contributed by atoms with Crippen molar-refractivity contribution < 1.29 is 18.0 Å².